The van der Waals surface area contributed by atoms with Crippen LogP contribution in [-0.4, -0.2) is 27.2 Å². The summed E-state index contributed by atoms with van der Waals surface area (Å²) in [5.74, 6) is 0.0465. The number of carboxylic acid groups (broad SMARTS) is 1. The van der Waals surface area contributed by atoms with E-state index in [9.17, 15) is 4.79 Å². The predicted octanol–water partition coefficient (Wildman–Crippen LogP) is 2.65. The summed E-state index contributed by atoms with van der Waals surface area (Å²) in [6, 6.07) is 5.64. The zero-order chi connectivity index (χ0) is 14.8. The first-order valence-electron chi connectivity index (χ1n) is 6.59. The van der Waals surface area contributed by atoms with Crippen LogP contribution in [0.4, 0.5) is 5.69 Å². The molecule has 21 heavy (non-hydrogen) atoms. The lowest BCUT2D eigenvalue weighted by Crippen LogP contribution is -2.33. The Bertz CT molecular complexity index is 709. The normalized spacial score (nSPS) is 14.4. The molecule has 0 saturated carbocycles. The van der Waals surface area contributed by atoms with Crippen molar-refractivity contribution in [1.82, 2.24) is 9.55 Å². The van der Waals surface area contributed by atoms with Gasteiger partial charge in [-0.3, -0.25) is 0 Å². The number of carbonyl (C=O) groups is 1. The van der Waals surface area contributed by atoms with E-state index in [1.54, 1.807) is 0 Å². The molecule has 0 amide bonds. The van der Waals surface area contributed by atoms with Crippen molar-refractivity contribution in [3.63, 3.8) is 0 Å². The Balaban J connectivity index is 1.81. The largest absolute Gasteiger partial charge is 0.478 e. The summed E-state index contributed by atoms with van der Waals surface area (Å²) in [5, 5.41) is 9.19. The van der Waals surface area contributed by atoms with Crippen LogP contribution >= 0.6 is 11.6 Å². The third kappa shape index (κ3) is 2.92. The number of aliphatic carboxylic acids is 1. The Kier molecular flexibility index (Phi) is 3.66. The van der Waals surface area contributed by atoms with Crippen molar-refractivity contribution in [3.8, 4) is 0 Å². The second-order valence-electron chi connectivity index (χ2n) is 4.84. The van der Waals surface area contributed by atoms with Gasteiger partial charge in [0.25, 0.3) is 0 Å². The molecule has 108 valence electrons. The van der Waals surface area contributed by atoms with Crippen LogP contribution in [0, 0.1) is 0 Å². The smallest absolute Gasteiger partial charge is 0.328 e. The highest BCUT2D eigenvalue weighted by atomic mass is 35.5. The van der Waals surface area contributed by atoms with Gasteiger partial charge in [0.05, 0.1) is 6.54 Å². The molecule has 5 nitrogen and oxygen atoms in total. The van der Waals surface area contributed by atoms with Gasteiger partial charge in [0.2, 0.25) is 0 Å². The van der Waals surface area contributed by atoms with E-state index in [-0.39, 0.29) is 0 Å². The molecule has 6 heteroatoms. The minimum atomic E-state index is -0.988. The topological polar surface area (TPSA) is 58.4 Å². The first-order chi connectivity index (χ1) is 10.1. The molecule has 1 aromatic carbocycles. The Morgan fingerprint density at radius 1 is 1.38 bits per heavy atom. The van der Waals surface area contributed by atoms with Gasteiger partial charge in [0, 0.05) is 42.3 Å². The van der Waals surface area contributed by atoms with Gasteiger partial charge in [-0.15, -0.1) is 0 Å². The highest BCUT2D eigenvalue weighted by Gasteiger charge is 2.17. The quantitative estimate of drug-likeness (QED) is 0.886. The van der Waals surface area contributed by atoms with Crippen molar-refractivity contribution < 1.29 is 9.90 Å². The number of benzene rings is 1. The summed E-state index contributed by atoms with van der Waals surface area (Å²) in [7, 11) is 0. The van der Waals surface area contributed by atoms with E-state index in [0.29, 0.717) is 10.6 Å². The first kappa shape index (κ1) is 13.7. The van der Waals surface area contributed by atoms with E-state index >= 15 is 0 Å². The van der Waals surface area contributed by atoms with Crippen molar-refractivity contribution in [2.45, 2.75) is 13.1 Å². The molecule has 0 saturated heterocycles. The van der Waals surface area contributed by atoms with Crippen LogP contribution in [0.1, 0.15) is 11.4 Å². The summed E-state index contributed by atoms with van der Waals surface area (Å²) < 4.78 is 2.14. The summed E-state index contributed by atoms with van der Waals surface area (Å²) in [6.45, 7) is 2.53. The van der Waals surface area contributed by atoms with Crippen molar-refractivity contribution in [3.05, 3.63) is 53.1 Å². The van der Waals surface area contributed by atoms with Crippen LogP contribution in [-0.2, 0) is 17.9 Å². The van der Waals surface area contributed by atoms with E-state index in [1.165, 1.54) is 6.08 Å². The second-order valence-corrected chi connectivity index (χ2v) is 5.24. The monoisotopic (exact) mass is 303 g/mol. The number of hydrogen-bond acceptors (Lipinski definition) is 3. The molecule has 0 spiro atoms. The summed E-state index contributed by atoms with van der Waals surface area (Å²) >= 11 is 6.22. The van der Waals surface area contributed by atoms with Crippen LogP contribution < -0.4 is 4.90 Å². The number of rotatable bonds is 3. The van der Waals surface area contributed by atoms with Gasteiger partial charge < -0.3 is 14.6 Å². The molecule has 1 aliphatic rings. The molecule has 0 aliphatic carbocycles. The van der Waals surface area contributed by atoms with Gasteiger partial charge in [0.15, 0.2) is 0 Å². The Labute approximate surface area is 127 Å². The number of fused-ring (bicyclic) bond motifs is 1. The number of halogens is 1. The SMILES string of the molecule is O=C(O)/C=C/c1ccc(N2CCn3ccnc3C2)cc1Cl. The molecule has 0 atom stereocenters. The fourth-order valence-corrected chi connectivity index (χ4v) is 2.64. The molecular weight excluding hydrogens is 290 g/mol. The van der Waals surface area contributed by atoms with Crippen LogP contribution in [0.25, 0.3) is 6.08 Å². The fourth-order valence-electron chi connectivity index (χ4n) is 2.40. The lowest BCUT2D eigenvalue weighted by molar-refractivity contribution is -0.131. The highest BCUT2D eigenvalue weighted by molar-refractivity contribution is 6.32. The second kappa shape index (κ2) is 5.61. The Hall–Kier alpha value is -2.27. The maximum Gasteiger partial charge on any atom is 0.328 e. The summed E-state index contributed by atoms with van der Waals surface area (Å²) in [6.07, 6.45) is 6.38. The third-order valence-electron chi connectivity index (χ3n) is 3.50. The van der Waals surface area contributed by atoms with Crippen LogP contribution in [0.15, 0.2) is 36.7 Å². The van der Waals surface area contributed by atoms with Gasteiger partial charge >= 0.3 is 5.97 Å². The molecule has 1 aromatic heterocycles. The molecule has 0 radical (unpaired) electrons. The number of nitrogens with zero attached hydrogens (tertiary/aromatic N) is 3. The summed E-state index contributed by atoms with van der Waals surface area (Å²) in [4.78, 5) is 17.1. The van der Waals surface area contributed by atoms with E-state index < -0.39 is 5.97 Å². The van der Waals surface area contributed by atoms with E-state index in [1.807, 2.05) is 30.6 Å². The lowest BCUT2D eigenvalue weighted by atomic mass is 10.1. The van der Waals surface area contributed by atoms with E-state index in [0.717, 1.165) is 37.2 Å². The molecule has 2 aromatic rings. The average Bonchev–Trinajstić information content (AvgIpc) is 2.93. The maximum absolute atomic E-state index is 10.5. The number of imidazole rings is 1. The van der Waals surface area contributed by atoms with Crippen LogP contribution in [0.3, 0.4) is 0 Å². The first-order valence-corrected chi connectivity index (χ1v) is 6.97. The highest BCUT2D eigenvalue weighted by Crippen LogP contribution is 2.27. The Morgan fingerprint density at radius 3 is 3.00 bits per heavy atom. The lowest BCUT2D eigenvalue weighted by Gasteiger charge is -2.29. The summed E-state index contributed by atoms with van der Waals surface area (Å²) in [5.41, 5.74) is 1.71. The van der Waals surface area contributed by atoms with Gasteiger partial charge in [-0.1, -0.05) is 17.7 Å². The molecule has 1 N–H and O–H groups in total. The molecule has 3 rings (SSSR count). The van der Waals surface area contributed by atoms with Crippen molar-refractivity contribution in [1.29, 1.82) is 0 Å². The maximum atomic E-state index is 10.5. The minimum Gasteiger partial charge on any atom is -0.478 e. The van der Waals surface area contributed by atoms with Crippen molar-refractivity contribution in [2.24, 2.45) is 0 Å². The molecule has 0 bridgehead atoms. The fraction of sp³-hybridized carbons (Fsp3) is 0.200. The van der Waals surface area contributed by atoms with Gasteiger partial charge in [0.1, 0.15) is 5.82 Å². The standard InChI is InChI=1S/C15H14ClN3O2/c16-13-9-12(3-1-11(13)2-4-15(20)21)19-8-7-18-6-5-17-14(18)10-19/h1-6,9H,7-8,10H2,(H,20,21)/b4-2+. The van der Waals surface area contributed by atoms with Gasteiger partial charge in [-0.2, -0.15) is 0 Å². The van der Waals surface area contributed by atoms with Crippen molar-refractivity contribution >= 4 is 29.3 Å². The Morgan fingerprint density at radius 2 is 2.24 bits per heavy atom. The van der Waals surface area contributed by atoms with E-state index in [2.05, 4.69) is 14.5 Å². The molecule has 1 aliphatic heterocycles. The molecule has 0 unspecified atom stereocenters. The predicted molar refractivity (Wildman–Crippen MR) is 81.4 cm³/mol. The number of aromatic nitrogens is 2. The van der Waals surface area contributed by atoms with Crippen LogP contribution in [0.2, 0.25) is 5.02 Å². The minimum absolute atomic E-state index is 0.541. The third-order valence-corrected chi connectivity index (χ3v) is 3.83. The molecule has 0 fully saturated rings. The zero-order valence-corrected chi connectivity index (χ0v) is 12.0. The number of anilines is 1. The van der Waals surface area contributed by atoms with Crippen LogP contribution in [0.5, 0.6) is 0 Å². The number of carboxylic acids is 1. The zero-order valence-electron chi connectivity index (χ0n) is 11.2. The van der Waals surface area contributed by atoms with Gasteiger partial charge in [-0.05, 0) is 23.8 Å². The molecule has 2 heterocycles. The van der Waals surface area contributed by atoms with Crippen molar-refractivity contribution in [2.75, 3.05) is 11.4 Å². The average molecular weight is 304 g/mol. The number of hydrogen-bond donors (Lipinski definition) is 1. The molecular formula is C15H14ClN3O2. The van der Waals surface area contributed by atoms with E-state index in [4.69, 9.17) is 16.7 Å². The van der Waals surface area contributed by atoms with Gasteiger partial charge in [-0.25, -0.2) is 9.78 Å².